The predicted molar refractivity (Wildman–Crippen MR) is 101 cm³/mol. The van der Waals surface area contributed by atoms with E-state index in [4.69, 9.17) is 4.74 Å². The number of hydrogen-bond acceptors (Lipinski definition) is 3. The van der Waals surface area contributed by atoms with E-state index in [1.165, 1.54) is 38.8 Å². The molecule has 0 radical (unpaired) electrons. The Balaban J connectivity index is 1.38. The lowest BCUT2D eigenvalue weighted by Crippen LogP contribution is -2.33. The lowest BCUT2D eigenvalue weighted by molar-refractivity contribution is 0.0951. The van der Waals surface area contributed by atoms with Gasteiger partial charge in [0.1, 0.15) is 11.9 Å². The number of nitrogens with one attached hydrogen (secondary N) is 1. The molecule has 1 fully saturated rings. The zero-order valence-electron chi connectivity index (χ0n) is 15.1. The van der Waals surface area contributed by atoms with E-state index >= 15 is 0 Å². The van der Waals surface area contributed by atoms with Gasteiger partial charge in [0.25, 0.3) is 5.91 Å². The van der Waals surface area contributed by atoms with Gasteiger partial charge in [-0.2, -0.15) is 0 Å². The second-order valence-corrected chi connectivity index (χ2v) is 7.05. The summed E-state index contributed by atoms with van der Waals surface area (Å²) in [5.41, 5.74) is 0.699. The van der Waals surface area contributed by atoms with E-state index < -0.39 is 0 Å². The average molecular weight is 342 g/mol. The number of likely N-dealkylation sites (tertiary alicyclic amines) is 1. The van der Waals surface area contributed by atoms with Crippen LogP contribution in [0.3, 0.4) is 0 Å². The molecule has 1 saturated heterocycles. The first-order valence-corrected chi connectivity index (χ1v) is 9.75. The zero-order chi connectivity index (χ0) is 17.3. The highest BCUT2D eigenvalue weighted by molar-refractivity contribution is 5.94. The summed E-state index contributed by atoms with van der Waals surface area (Å²) in [6.07, 6.45) is 12.9. The summed E-state index contributed by atoms with van der Waals surface area (Å²) < 4.78 is 5.93. The van der Waals surface area contributed by atoms with Gasteiger partial charge in [-0.25, -0.2) is 0 Å². The standard InChI is InChI=1S/C21H30N2O2/c24-21(22-14-7-17-23-15-5-2-6-16-23)18-10-12-20(13-11-18)25-19-8-3-1-4-9-19/h3,8,10-13,19H,1-2,4-7,9,14-17H2,(H,22,24). The molecule has 1 aliphatic heterocycles. The van der Waals surface area contributed by atoms with Crippen molar-refractivity contribution < 1.29 is 9.53 Å². The normalized spacial score (nSPS) is 21.0. The fourth-order valence-electron chi connectivity index (χ4n) is 3.53. The van der Waals surface area contributed by atoms with Crippen molar-refractivity contribution in [2.75, 3.05) is 26.2 Å². The summed E-state index contributed by atoms with van der Waals surface area (Å²) in [6.45, 7) is 4.25. The molecule has 1 aromatic rings. The van der Waals surface area contributed by atoms with E-state index in [9.17, 15) is 4.79 Å². The molecule has 3 rings (SSSR count). The third-order valence-corrected chi connectivity index (χ3v) is 5.00. The smallest absolute Gasteiger partial charge is 0.251 e. The van der Waals surface area contributed by atoms with E-state index in [1.807, 2.05) is 24.3 Å². The zero-order valence-corrected chi connectivity index (χ0v) is 15.1. The van der Waals surface area contributed by atoms with E-state index in [2.05, 4.69) is 22.4 Å². The molecule has 0 bridgehead atoms. The van der Waals surface area contributed by atoms with Crippen molar-refractivity contribution in [1.29, 1.82) is 0 Å². The molecule has 0 spiro atoms. The molecule has 1 N–H and O–H groups in total. The molecule has 1 heterocycles. The Kier molecular flexibility index (Phi) is 6.92. The van der Waals surface area contributed by atoms with Crippen LogP contribution in [0.5, 0.6) is 5.75 Å². The van der Waals surface area contributed by atoms with Crippen LogP contribution in [0.15, 0.2) is 36.4 Å². The van der Waals surface area contributed by atoms with Crippen LogP contribution in [-0.2, 0) is 0 Å². The van der Waals surface area contributed by atoms with Crippen molar-refractivity contribution in [3.05, 3.63) is 42.0 Å². The molecule has 2 aliphatic rings. The number of hydrogen-bond donors (Lipinski definition) is 1. The van der Waals surface area contributed by atoms with Crippen LogP contribution >= 0.6 is 0 Å². The fraction of sp³-hybridized carbons (Fsp3) is 0.571. The van der Waals surface area contributed by atoms with E-state index in [1.54, 1.807) is 0 Å². The lowest BCUT2D eigenvalue weighted by Gasteiger charge is -2.26. The van der Waals surface area contributed by atoms with Crippen LogP contribution in [0.4, 0.5) is 0 Å². The van der Waals surface area contributed by atoms with Crippen LogP contribution in [0.2, 0.25) is 0 Å². The summed E-state index contributed by atoms with van der Waals surface area (Å²) in [6, 6.07) is 7.49. The van der Waals surface area contributed by atoms with Crippen LogP contribution in [0.1, 0.15) is 55.3 Å². The number of piperidine rings is 1. The Morgan fingerprint density at radius 1 is 1.12 bits per heavy atom. The molecular weight excluding hydrogens is 312 g/mol. The number of carbonyl (C=O) groups is 1. The summed E-state index contributed by atoms with van der Waals surface area (Å²) in [7, 11) is 0. The molecule has 4 heteroatoms. The Bertz CT molecular complexity index is 562. The number of benzene rings is 1. The lowest BCUT2D eigenvalue weighted by atomic mass is 10.1. The summed E-state index contributed by atoms with van der Waals surface area (Å²) >= 11 is 0. The molecular formula is C21H30N2O2. The van der Waals surface area contributed by atoms with Crippen LogP contribution in [0.25, 0.3) is 0 Å². The van der Waals surface area contributed by atoms with Crippen LogP contribution < -0.4 is 10.1 Å². The van der Waals surface area contributed by atoms with Gasteiger partial charge in [0.2, 0.25) is 0 Å². The van der Waals surface area contributed by atoms with Gasteiger partial charge in [0, 0.05) is 12.1 Å². The summed E-state index contributed by atoms with van der Waals surface area (Å²) in [4.78, 5) is 14.7. The number of carbonyl (C=O) groups excluding carboxylic acids is 1. The first-order valence-electron chi connectivity index (χ1n) is 9.75. The van der Waals surface area contributed by atoms with Gasteiger partial charge in [-0.3, -0.25) is 4.79 Å². The van der Waals surface area contributed by atoms with E-state index in [-0.39, 0.29) is 12.0 Å². The number of rotatable bonds is 7. The van der Waals surface area contributed by atoms with Crippen LogP contribution in [-0.4, -0.2) is 43.1 Å². The highest BCUT2D eigenvalue weighted by atomic mass is 16.5. The monoisotopic (exact) mass is 342 g/mol. The molecule has 136 valence electrons. The van der Waals surface area contributed by atoms with Gasteiger partial charge in [0.05, 0.1) is 0 Å². The molecule has 0 saturated carbocycles. The van der Waals surface area contributed by atoms with E-state index in [0.29, 0.717) is 5.56 Å². The van der Waals surface area contributed by atoms with Crippen LogP contribution in [0, 0.1) is 0 Å². The SMILES string of the molecule is O=C(NCCCN1CCCCC1)c1ccc(OC2C=CCCC2)cc1. The van der Waals surface area contributed by atoms with Gasteiger partial charge in [0.15, 0.2) is 0 Å². The third kappa shape index (κ3) is 5.89. The molecule has 1 amide bonds. The number of nitrogens with zero attached hydrogens (tertiary/aromatic N) is 1. The van der Waals surface area contributed by atoms with Crippen molar-refractivity contribution in [1.82, 2.24) is 10.2 Å². The Labute approximate surface area is 151 Å². The molecule has 1 aliphatic carbocycles. The molecule has 25 heavy (non-hydrogen) atoms. The maximum absolute atomic E-state index is 12.2. The van der Waals surface area contributed by atoms with Crippen molar-refractivity contribution in [2.45, 2.75) is 51.0 Å². The first-order chi connectivity index (χ1) is 12.3. The Morgan fingerprint density at radius 3 is 2.64 bits per heavy atom. The second kappa shape index (κ2) is 9.62. The van der Waals surface area contributed by atoms with Gasteiger partial charge in [-0.15, -0.1) is 0 Å². The summed E-state index contributed by atoms with van der Waals surface area (Å²) in [5.74, 6) is 0.834. The first kappa shape index (κ1) is 18.0. The van der Waals surface area contributed by atoms with Gasteiger partial charge in [-0.1, -0.05) is 12.5 Å². The van der Waals surface area contributed by atoms with Gasteiger partial charge < -0.3 is 15.0 Å². The Morgan fingerprint density at radius 2 is 1.92 bits per heavy atom. The van der Waals surface area contributed by atoms with Crippen molar-refractivity contribution in [3.63, 3.8) is 0 Å². The topological polar surface area (TPSA) is 41.6 Å². The molecule has 1 aromatic carbocycles. The molecule has 1 unspecified atom stereocenters. The van der Waals surface area contributed by atoms with Crippen molar-refractivity contribution in [3.8, 4) is 5.75 Å². The van der Waals surface area contributed by atoms with Gasteiger partial charge in [-0.05, 0) is 88.5 Å². The van der Waals surface area contributed by atoms with Gasteiger partial charge >= 0.3 is 0 Å². The maximum atomic E-state index is 12.2. The highest BCUT2D eigenvalue weighted by Crippen LogP contribution is 2.19. The number of ether oxygens (including phenoxy) is 1. The Hall–Kier alpha value is -1.81. The minimum absolute atomic E-state index is 0.00255. The quantitative estimate of drug-likeness (QED) is 0.606. The van der Waals surface area contributed by atoms with Crippen molar-refractivity contribution in [2.24, 2.45) is 0 Å². The number of allylic oxidation sites excluding steroid dienone is 1. The minimum atomic E-state index is 0.00255. The minimum Gasteiger partial charge on any atom is -0.486 e. The maximum Gasteiger partial charge on any atom is 0.251 e. The highest BCUT2D eigenvalue weighted by Gasteiger charge is 2.12. The van der Waals surface area contributed by atoms with E-state index in [0.717, 1.165) is 38.1 Å². The predicted octanol–water partition coefficient (Wildman–Crippen LogP) is 3.78. The van der Waals surface area contributed by atoms with Crippen molar-refractivity contribution >= 4 is 5.91 Å². The molecule has 1 atom stereocenters. The average Bonchev–Trinajstić information content (AvgIpc) is 2.67. The number of amides is 1. The molecule has 0 aromatic heterocycles. The fourth-order valence-corrected chi connectivity index (χ4v) is 3.53. The molecule has 4 nitrogen and oxygen atoms in total. The second-order valence-electron chi connectivity index (χ2n) is 7.05. The third-order valence-electron chi connectivity index (χ3n) is 5.00. The summed E-state index contributed by atoms with van der Waals surface area (Å²) in [5, 5.41) is 3.02. The largest absolute Gasteiger partial charge is 0.486 e.